The Kier molecular flexibility index (Phi) is 29.8. The third-order valence-corrected chi connectivity index (χ3v) is 16.7. The maximum absolute atomic E-state index is 15.5. The zero-order valence-corrected chi connectivity index (χ0v) is 48.2. The summed E-state index contributed by atoms with van der Waals surface area (Å²) in [5, 5.41) is 32.4. The van der Waals surface area contributed by atoms with Crippen LogP contribution in [0.15, 0.2) is 60.8 Å². The molecule has 0 spiro atoms. The lowest BCUT2D eigenvalue weighted by Crippen LogP contribution is -2.49. The van der Waals surface area contributed by atoms with Crippen molar-refractivity contribution in [3.05, 3.63) is 83.7 Å². The molecule has 23 heteroatoms. The van der Waals surface area contributed by atoms with Gasteiger partial charge in [0.15, 0.2) is 11.0 Å². The Morgan fingerprint density at radius 2 is 1.50 bits per heavy atom. The Balaban J connectivity index is 1.93. The molecule has 0 fully saturated rings. The second kappa shape index (κ2) is 34.7. The standard InChI is InChI=1S/C55H84F2N6O13SSi/c1-8-27-60-28-18-13-11-9-10-12-14-19-31-73-75-76-74-53(70)49(77-37-44(59)52(68)69)51(67)63(30-20-29-61-54(71)72-36-46(78(5,6)7)48(66)43(58)25-26-47(64)65)50(55(2,3)4)45-32-39(41-33-40(56)23-24-42(41)57)35-62(45)34-38-21-16-15-17-22-38/h15-17,21-24,32-33,35,43-44,46,49-50,60H,8-14,18-20,25-31,34,36-37,58-59H2,1-7H3,(H,61,71)(H,64,65)(H,68,69)/t43-,44-,46?,49?,50-/m0/s1. The SMILES string of the molecule is CCCNCCCCCCCCCCOOOOC(=O)C(SC[C@H](N)C(=O)O)C(=O)N(CCCNC(=O)OCC(C(=O)[C@@H](N)CCC(=O)O)[Si](C)(C)C)[C@@H](c1cc(-c2cc(F)ccc2F)cn1Cc1ccccc1)C(C)(C)C. The van der Waals surface area contributed by atoms with Crippen LogP contribution in [-0.2, 0) is 55.1 Å². The molecule has 2 unspecified atom stereocenters. The van der Waals surface area contributed by atoms with E-state index in [1.165, 1.54) is 17.7 Å². The molecule has 8 N–H and O–H groups in total. The topological polar surface area (TPSA) is 273 Å². The number of rotatable bonds is 39. The molecule has 1 aromatic heterocycles. The Labute approximate surface area is 462 Å². The third-order valence-electron chi connectivity index (χ3n) is 12.9. The van der Waals surface area contributed by atoms with E-state index in [0.717, 1.165) is 75.4 Å². The van der Waals surface area contributed by atoms with E-state index in [2.05, 4.69) is 22.6 Å². The van der Waals surface area contributed by atoms with Gasteiger partial charge in [0, 0.05) is 65.4 Å². The molecule has 0 bridgehead atoms. The van der Waals surface area contributed by atoms with Crippen LogP contribution in [0.1, 0.15) is 122 Å². The Morgan fingerprint density at radius 1 is 0.833 bits per heavy atom. The van der Waals surface area contributed by atoms with E-state index >= 15 is 9.18 Å². The molecule has 1 heterocycles. The van der Waals surface area contributed by atoms with Crippen LogP contribution >= 0.6 is 11.8 Å². The zero-order chi connectivity index (χ0) is 57.8. The lowest BCUT2D eigenvalue weighted by Gasteiger charge is -2.42. The second-order valence-corrected chi connectivity index (χ2v) is 28.1. The third kappa shape index (κ3) is 24.0. The first kappa shape index (κ1) is 67.0. The molecular formula is C55H84F2N6O13SSi. The summed E-state index contributed by atoms with van der Waals surface area (Å²) >= 11 is 0.589. The fourth-order valence-electron chi connectivity index (χ4n) is 8.65. The highest BCUT2D eigenvalue weighted by Crippen LogP contribution is 2.42. The predicted molar refractivity (Wildman–Crippen MR) is 296 cm³/mol. The van der Waals surface area contributed by atoms with E-state index in [9.17, 15) is 33.5 Å². The maximum atomic E-state index is 15.5. The van der Waals surface area contributed by atoms with Crippen LogP contribution in [0.5, 0.6) is 0 Å². The molecule has 0 saturated heterocycles. The molecule has 0 radical (unpaired) electrons. The van der Waals surface area contributed by atoms with Gasteiger partial charge in [0.05, 0.1) is 26.8 Å². The Bertz CT molecular complexity index is 2340. The first-order valence-electron chi connectivity index (χ1n) is 26.8. The number of benzene rings is 2. The van der Waals surface area contributed by atoms with Crippen molar-refractivity contribution in [1.82, 2.24) is 20.1 Å². The van der Waals surface area contributed by atoms with Gasteiger partial charge in [-0.25, -0.2) is 23.3 Å². The number of carboxylic acid groups (broad SMARTS) is 2. The Hall–Kier alpha value is -5.27. The average Bonchev–Trinajstić information content (AvgIpc) is 3.79. The van der Waals surface area contributed by atoms with Gasteiger partial charge in [0.1, 0.15) is 24.3 Å². The Morgan fingerprint density at radius 3 is 2.13 bits per heavy atom. The highest BCUT2D eigenvalue weighted by molar-refractivity contribution is 8.01. The number of ether oxygens (including phenoxy) is 1. The summed E-state index contributed by atoms with van der Waals surface area (Å²) in [7, 11) is -2.36. The number of nitrogens with zero attached hydrogens (tertiary/aromatic N) is 2. The molecule has 0 aliphatic heterocycles. The van der Waals surface area contributed by atoms with Gasteiger partial charge in [-0.05, 0) is 85.5 Å². The highest BCUT2D eigenvalue weighted by Gasteiger charge is 2.43. The van der Waals surface area contributed by atoms with Crippen molar-refractivity contribution in [3.8, 4) is 11.1 Å². The van der Waals surface area contributed by atoms with Crippen molar-refractivity contribution in [3.63, 3.8) is 0 Å². The summed E-state index contributed by atoms with van der Waals surface area (Å²) < 4.78 is 37.6. The van der Waals surface area contributed by atoms with Crippen molar-refractivity contribution in [2.75, 3.05) is 45.1 Å². The van der Waals surface area contributed by atoms with E-state index < -0.39 is 95.5 Å². The number of hydrogen-bond acceptors (Lipinski definition) is 15. The molecule has 0 aliphatic carbocycles. The average molecular weight is 1140 g/mol. The molecule has 2 amide bonds. The monoisotopic (exact) mass is 1130 g/mol. The molecular weight excluding hydrogens is 1050 g/mol. The van der Waals surface area contributed by atoms with Crippen LogP contribution in [-0.4, -0.2) is 126 Å². The van der Waals surface area contributed by atoms with Crippen LogP contribution < -0.4 is 22.1 Å². The summed E-state index contributed by atoms with van der Waals surface area (Å²) in [6, 6.07) is 10.4. The number of thioether (sulfide) groups is 1. The maximum Gasteiger partial charge on any atom is 0.407 e. The molecule has 3 rings (SSSR count). The zero-order valence-electron chi connectivity index (χ0n) is 46.4. The summed E-state index contributed by atoms with van der Waals surface area (Å²) in [5.74, 6) is -6.89. The minimum atomic E-state index is -2.36. The first-order chi connectivity index (χ1) is 37.0. The summed E-state index contributed by atoms with van der Waals surface area (Å²) in [6.07, 6.45) is 9.72. The van der Waals surface area contributed by atoms with Gasteiger partial charge in [-0.15, -0.1) is 11.8 Å². The fourth-order valence-corrected chi connectivity index (χ4v) is 11.3. The number of Topliss-reactive ketones (excluding diaryl/α,β-unsaturated/α-hetero) is 1. The van der Waals surface area contributed by atoms with Crippen molar-refractivity contribution in [2.45, 2.75) is 160 Å². The molecule has 0 aliphatic rings. The van der Waals surface area contributed by atoms with Crippen LogP contribution in [0.3, 0.4) is 0 Å². The van der Waals surface area contributed by atoms with Gasteiger partial charge in [-0.3, -0.25) is 24.1 Å². The number of carbonyl (C=O) groups excluding carboxylic acids is 4. The number of carbonyl (C=O) groups is 6. The number of aliphatic carboxylic acids is 2. The number of hydrogen-bond donors (Lipinski definition) is 6. The molecule has 2 aromatic carbocycles. The summed E-state index contributed by atoms with van der Waals surface area (Å²) in [5.41, 5.74) is 11.8. The number of carboxylic acids is 2. The largest absolute Gasteiger partial charge is 0.481 e. The number of unbranched alkanes of at least 4 members (excludes halogenated alkanes) is 7. The molecule has 436 valence electrons. The van der Waals surface area contributed by atoms with Crippen LogP contribution in [0, 0.1) is 17.0 Å². The van der Waals surface area contributed by atoms with E-state index in [1.54, 1.807) is 16.8 Å². The van der Waals surface area contributed by atoms with Crippen molar-refractivity contribution in [1.29, 1.82) is 0 Å². The number of aromatic nitrogens is 1. The minimum absolute atomic E-state index is 0.0278. The fraction of sp³-hybridized carbons (Fsp3) is 0.600. The van der Waals surface area contributed by atoms with Gasteiger partial charge in [-0.2, -0.15) is 0 Å². The van der Waals surface area contributed by atoms with Gasteiger partial charge in [-0.1, -0.05) is 116 Å². The van der Waals surface area contributed by atoms with E-state index in [0.29, 0.717) is 23.9 Å². The molecule has 19 nitrogen and oxygen atoms in total. The van der Waals surface area contributed by atoms with Crippen molar-refractivity contribution < 1.29 is 72.3 Å². The number of nitrogens with two attached hydrogens (primary N) is 2. The van der Waals surface area contributed by atoms with Gasteiger partial charge >= 0.3 is 24.0 Å². The van der Waals surface area contributed by atoms with Crippen molar-refractivity contribution >= 4 is 55.5 Å². The van der Waals surface area contributed by atoms with E-state index in [1.807, 2.05) is 70.7 Å². The van der Waals surface area contributed by atoms with Crippen LogP contribution in [0.4, 0.5) is 13.6 Å². The van der Waals surface area contributed by atoms with E-state index in [4.69, 9.17) is 36.1 Å². The number of amides is 2. The van der Waals surface area contributed by atoms with Crippen molar-refractivity contribution in [2.24, 2.45) is 16.9 Å². The van der Waals surface area contributed by atoms with Gasteiger partial charge in [0.2, 0.25) is 5.91 Å². The van der Waals surface area contributed by atoms with Crippen LogP contribution in [0.2, 0.25) is 25.2 Å². The lowest BCUT2D eigenvalue weighted by atomic mass is 9.82. The quantitative estimate of drug-likeness (QED) is 0.0102. The minimum Gasteiger partial charge on any atom is -0.481 e. The summed E-state index contributed by atoms with van der Waals surface area (Å²) in [6.45, 7) is 15.1. The number of halogens is 2. The molecule has 3 aromatic rings. The first-order valence-corrected chi connectivity index (χ1v) is 31.5. The lowest BCUT2D eigenvalue weighted by molar-refractivity contribution is -0.617. The van der Waals surface area contributed by atoms with Crippen LogP contribution in [0.25, 0.3) is 11.1 Å². The van der Waals surface area contributed by atoms with Gasteiger partial charge in [0.25, 0.3) is 0 Å². The number of nitrogens with one attached hydrogen (secondary N) is 2. The van der Waals surface area contributed by atoms with Gasteiger partial charge < -0.3 is 46.5 Å². The highest BCUT2D eigenvalue weighted by atomic mass is 32.2. The smallest absolute Gasteiger partial charge is 0.407 e. The number of ketones is 1. The normalized spacial score (nSPS) is 13.7. The molecule has 5 atom stereocenters. The second-order valence-electron chi connectivity index (χ2n) is 21.5. The number of alkyl carbamates (subject to hydrolysis) is 1. The summed E-state index contributed by atoms with van der Waals surface area (Å²) in [4.78, 5) is 90.4. The molecule has 78 heavy (non-hydrogen) atoms. The predicted octanol–water partition coefficient (Wildman–Crippen LogP) is 8.96. The van der Waals surface area contributed by atoms with E-state index in [-0.39, 0.29) is 63.2 Å². The molecule has 0 saturated carbocycles.